The lowest BCUT2D eigenvalue weighted by Gasteiger charge is -2.22. The summed E-state index contributed by atoms with van der Waals surface area (Å²) in [6.07, 6.45) is -0.176. The van der Waals surface area contributed by atoms with Gasteiger partial charge in [-0.3, -0.25) is 14.4 Å². The Morgan fingerprint density at radius 2 is 1.63 bits per heavy atom. The average Bonchev–Trinajstić information content (AvgIpc) is 2.34. The number of hydrogen-bond acceptors (Lipinski definition) is 4. The minimum absolute atomic E-state index is 0.0670. The van der Waals surface area contributed by atoms with Crippen molar-refractivity contribution in [3.05, 3.63) is 29.8 Å². The Morgan fingerprint density at radius 3 is 2.05 bits per heavy atom. The molecule has 0 aliphatic heterocycles. The molecule has 1 rings (SSSR count). The smallest absolute Gasteiger partial charge is 0.323 e. The number of carboxylic acids is 2. The molecule has 0 aliphatic rings. The number of nitrogens with zero attached hydrogens (tertiary/aromatic N) is 1. The van der Waals surface area contributed by atoms with Crippen LogP contribution >= 0.6 is 0 Å². The molecule has 0 atom stereocenters. The van der Waals surface area contributed by atoms with E-state index in [0.29, 0.717) is 11.3 Å². The highest BCUT2D eigenvalue weighted by atomic mass is 16.4. The van der Waals surface area contributed by atoms with Crippen molar-refractivity contribution in [3.8, 4) is 0 Å². The largest absolute Gasteiger partial charge is 0.481 e. The number of primary amides is 1. The Kier molecular flexibility index (Phi) is 4.87. The summed E-state index contributed by atoms with van der Waals surface area (Å²) in [6.45, 7) is -0.249. The van der Waals surface area contributed by atoms with Gasteiger partial charge in [0.1, 0.15) is 6.54 Å². The average molecular weight is 266 g/mol. The molecule has 1 aromatic carbocycles. The summed E-state index contributed by atoms with van der Waals surface area (Å²) in [4.78, 5) is 33.6. The van der Waals surface area contributed by atoms with Gasteiger partial charge in [-0.1, -0.05) is 0 Å². The highest BCUT2D eigenvalue weighted by Gasteiger charge is 2.12. The Balaban J connectivity index is 2.86. The quantitative estimate of drug-likeness (QED) is 0.646. The van der Waals surface area contributed by atoms with E-state index in [1.54, 1.807) is 0 Å². The van der Waals surface area contributed by atoms with E-state index in [2.05, 4.69) is 0 Å². The first-order chi connectivity index (χ1) is 8.90. The number of carbonyl (C=O) groups excluding carboxylic acids is 1. The maximum atomic E-state index is 10.9. The van der Waals surface area contributed by atoms with Crippen molar-refractivity contribution >= 4 is 23.5 Å². The molecule has 7 heteroatoms. The van der Waals surface area contributed by atoms with Crippen LogP contribution in [0.3, 0.4) is 0 Å². The van der Waals surface area contributed by atoms with Crippen LogP contribution in [0, 0.1) is 0 Å². The van der Waals surface area contributed by atoms with Crippen LogP contribution in [0.4, 0.5) is 5.69 Å². The van der Waals surface area contributed by atoms with E-state index in [0.717, 1.165) is 0 Å². The summed E-state index contributed by atoms with van der Waals surface area (Å²) in [7, 11) is 0. The van der Waals surface area contributed by atoms with E-state index in [-0.39, 0.29) is 19.5 Å². The number of hydrogen-bond donors (Lipinski definition) is 3. The van der Waals surface area contributed by atoms with Gasteiger partial charge < -0.3 is 20.8 Å². The minimum atomic E-state index is -1.07. The lowest BCUT2D eigenvalue weighted by Crippen LogP contribution is -2.31. The van der Waals surface area contributed by atoms with E-state index in [9.17, 15) is 14.4 Å². The van der Waals surface area contributed by atoms with Crippen molar-refractivity contribution in [1.29, 1.82) is 0 Å². The summed E-state index contributed by atoms with van der Waals surface area (Å²) < 4.78 is 0. The number of benzene rings is 1. The standard InChI is InChI=1S/C12H14N2O5/c13-12(19)8-1-3-9(4-2-8)14(7-11(17)18)6-5-10(15)16/h1-4H,5-7H2,(H2,13,19)(H,15,16)(H,17,18). The van der Waals surface area contributed by atoms with Crippen molar-refractivity contribution in [2.24, 2.45) is 5.73 Å². The summed E-state index contributed by atoms with van der Waals surface area (Å²) >= 11 is 0. The van der Waals surface area contributed by atoms with Crippen molar-refractivity contribution in [3.63, 3.8) is 0 Å². The van der Waals surface area contributed by atoms with Gasteiger partial charge in [0.05, 0.1) is 6.42 Å². The summed E-state index contributed by atoms with van der Waals surface area (Å²) in [5.41, 5.74) is 5.92. The Morgan fingerprint density at radius 1 is 1.05 bits per heavy atom. The molecule has 1 aromatic rings. The molecule has 0 spiro atoms. The van der Waals surface area contributed by atoms with Crippen LogP contribution in [0.2, 0.25) is 0 Å². The summed E-state index contributed by atoms with van der Waals surface area (Å²) in [5.74, 6) is -2.66. The monoisotopic (exact) mass is 266 g/mol. The highest BCUT2D eigenvalue weighted by Crippen LogP contribution is 2.15. The molecule has 102 valence electrons. The van der Waals surface area contributed by atoms with E-state index in [4.69, 9.17) is 15.9 Å². The molecule has 0 aromatic heterocycles. The first kappa shape index (κ1) is 14.5. The lowest BCUT2D eigenvalue weighted by molar-refractivity contribution is -0.138. The second kappa shape index (κ2) is 6.39. The SMILES string of the molecule is NC(=O)c1ccc(N(CCC(=O)O)CC(=O)O)cc1. The first-order valence-corrected chi connectivity index (χ1v) is 5.48. The lowest BCUT2D eigenvalue weighted by atomic mass is 10.2. The molecule has 7 nitrogen and oxygen atoms in total. The third-order valence-electron chi connectivity index (χ3n) is 2.44. The van der Waals surface area contributed by atoms with E-state index in [1.165, 1.54) is 29.2 Å². The molecule has 4 N–H and O–H groups in total. The maximum Gasteiger partial charge on any atom is 0.323 e. The van der Waals surface area contributed by atoms with E-state index >= 15 is 0 Å². The van der Waals surface area contributed by atoms with Crippen LogP contribution in [0.5, 0.6) is 0 Å². The van der Waals surface area contributed by atoms with Gasteiger partial charge in [-0.2, -0.15) is 0 Å². The molecule has 19 heavy (non-hydrogen) atoms. The van der Waals surface area contributed by atoms with Crippen LogP contribution in [0.15, 0.2) is 24.3 Å². The number of carboxylic acid groups (broad SMARTS) is 2. The van der Waals surface area contributed by atoms with Crippen molar-refractivity contribution in [1.82, 2.24) is 0 Å². The summed E-state index contributed by atoms with van der Waals surface area (Å²) in [6, 6.07) is 6.00. The van der Waals surface area contributed by atoms with Crippen LogP contribution in [-0.4, -0.2) is 41.1 Å². The topological polar surface area (TPSA) is 121 Å². The van der Waals surface area contributed by atoms with Gasteiger partial charge in [-0.05, 0) is 24.3 Å². The van der Waals surface area contributed by atoms with Gasteiger partial charge >= 0.3 is 11.9 Å². The van der Waals surface area contributed by atoms with Gasteiger partial charge in [-0.15, -0.1) is 0 Å². The van der Waals surface area contributed by atoms with E-state index < -0.39 is 17.8 Å². The predicted molar refractivity (Wildman–Crippen MR) is 67.1 cm³/mol. The number of aliphatic carboxylic acids is 2. The number of anilines is 1. The van der Waals surface area contributed by atoms with Crippen molar-refractivity contribution < 1.29 is 24.6 Å². The number of carbonyl (C=O) groups is 3. The number of rotatable bonds is 7. The maximum absolute atomic E-state index is 10.9. The molecule has 0 radical (unpaired) electrons. The molecule has 0 saturated carbocycles. The fourth-order valence-electron chi connectivity index (χ4n) is 1.53. The fourth-order valence-corrected chi connectivity index (χ4v) is 1.53. The van der Waals surface area contributed by atoms with Crippen LogP contribution in [0.1, 0.15) is 16.8 Å². The van der Waals surface area contributed by atoms with Gasteiger partial charge in [0.2, 0.25) is 5.91 Å². The first-order valence-electron chi connectivity index (χ1n) is 5.48. The molecule has 0 heterocycles. The van der Waals surface area contributed by atoms with Gasteiger partial charge in [0.25, 0.3) is 0 Å². The zero-order valence-electron chi connectivity index (χ0n) is 10.1. The Labute approximate surface area is 109 Å². The van der Waals surface area contributed by atoms with Crippen LogP contribution in [-0.2, 0) is 9.59 Å². The second-order valence-corrected chi connectivity index (χ2v) is 3.87. The van der Waals surface area contributed by atoms with Gasteiger partial charge in [0.15, 0.2) is 0 Å². The van der Waals surface area contributed by atoms with Crippen LogP contribution < -0.4 is 10.6 Å². The molecule has 1 amide bonds. The van der Waals surface area contributed by atoms with Crippen LogP contribution in [0.25, 0.3) is 0 Å². The summed E-state index contributed by atoms with van der Waals surface area (Å²) in [5, 5.41) is 17.4. The number of nitrogens with two attached hydrogens (primary N) is 1. The molecule has 0 bridgehead atoms. The van der Waals surface area contributed by atoms with Gasteiger partial charge in [0, 0.05) is 17.8 Å². The molecule has 0 unspecified atom stereocenters. The fraction of sp³-hybridized carbons (Fsp3) is 0.250. The Hall–Kier alpha value is -2.57. The zero-order valence-corrected chi connectivity index (χ0v) is 10.1. The van der Waals surface area contributed by atoms with Crippen molar-refractivity contribution in [2.75, 3.05) is 18.0 Å². The molecule has 0 saturated heterocycles. The predicted octanol–water partition coefficient (Wildman–Crippen LogP) is 0.151. The molecular formula is C12H14N2O5. The second-order valence-electron chi connectivity index (χ2n) is 3.87. The third kappa shape index (κ3) is 4.66. The van der Waals surface area contributed by atoms with E-state index in [1.807, 2.05) is 0 Å². The third-order valence-corrected chi connectivity index (χ3v) is 2.44. The minimum Gasteiger partial charge on any atom is -0.481 e. The van der Waals surface area contributed by atoms with Crippen molar-refractivity contribution in [2.45, 2.75) is 6.42 Å². The molecule has 0 fully saturated rings. The Bertz CT molecular complexity index is 483. The number of amides is 1. The van der Waals surface area contributed by atoms with Gasteiger partial charge in [-0.25, -0.2) is 0 Å². The highest BCUT2D eigenvalue weighted by molar-refractivity contribution is 5.93. The molecule has 0 aliphatic carbocycles. The zero-order chi connectivity index (χ0) is 14.4. The molecular weight excluding hydrogens is 252 g/mol. The normalized spacial score (nSPS) is 9.89.